The van der Waals surface area contributed by atoms with E-state index < -0.39 is 0 Å². The molecule has 0 spiro atoms. The fourth-order valence-electron chi connectivity index (χ4n) is 2.54. The number of hydrogen-bond acceptors (Lipinski definition) is 0. The van der Waals surface area contributed by atoms with Crippen LogP contribution in [0.25, 0.3) is 0 Å². The van der Waals surface area contributed by atoms with E-state index in [1.165, 1.54) is 51.4 Å². The third kappa shape index (κ3) is 2.72. The van der Waals surface area contributed by atoms with Gasteiger partial charge in [0.25, 0.3) is 0 Å². The lowest BCUT2D eigenvalue weighted by Gasteiger charge is -2.22. The van der Waals surface area contributed by atoms with Crippen molar-refractivity contribution < 1.29 is 0 Å². The monoisotopic (exact) mass is 176 g/mol. The molecule has 72 valence electrons. The van der Waals surface area contributed by atoms with Gasteiger partial charge in [0.15, 0.2) is 0 Å². The smallest absolute Gasteiger partial charge is 0.0254 e. The van der Waals surface area contributed by atoms with E-state index in [4.69, 9.17) is 0 Å². The summed E-state index contributed by atoms with van der Waals surface area (Å²) in [4.78, 5) is 0. The van der Waals surface area contributed by atoms with Crippen molar-refractivity contribution in [1.29, 1.82) is 0 Å². The minimum atomic E-state index is 1.00. The maximum absolute atomic E-state index is 2.44. The first kappa shape index (κ1) is 9.05. The second-order valence-corrected chi connectivity index (χ2v) is 4.47. The van der Waals surface area contributed by atoms with Crippen LogP contribution in [0.5, 0.6) is 0 Å². The van der Waals surface area contributed by atoms with Crippen LogP contribution in [-0.2, 0) is 0 Å². The fraction of sp³-hybridized carbons (Fsp3) is 0.692. The maximum Gasteiger partial charge on any atom is -0.0254 e. The normalized spacial score (nSPS) is 24.5. The molecule has 0 aromatic heterocycles. The summed E-state index contributed by atoms with van der Waals surface area (Å²) in [5.74, 6) is 1.00. The van der Waals surface area contributed by atoms with E-state index in [2.05, 4.69) is 18.2 Å². The van der Waals surface area contributed by atoms with E-state index in [0.717, 1.165) is 5.92 Å². The highest BCUT2D eigenvalue weighted by atomic mass is 14.2. The standard InChI is InChI=1S/C13H20/c1-3-7-12(8-4-1)11-13-9-5-2-6-10-13/h3,7-8,13H,1-2,4-6,9-11H2. The van der Waals surface area contributed by atoms with Crippen LogP contribution in [-0.4, -0.2) is 0 Å². The van der Waals surface area contributed by atoms with Crippen LogP contribution in [0.3, 0.4) is 0 Å². The van der Waals surface area contributed by atoms with Gasteiger partial charge in [-0.15, -0.1) is 0 Å². The fourth-order valence-corrected chi connectivity index (χ4v) is 2.54. The summed E-state index contributed by atoms with van der Waals surface area (Å²) in [6.45, 7) is 0. The Balaban J connectivity index is 1.82. The van der Waals surface area contributed by atoms with Gasteiger partial charge in [-0.3, -0.25) is 0 Å². The van der Waals surface area contributed by atoms with E-state index in [1.807, 2.05) is 0 Å². The number of hydrogen-bond donors (Lipinski definition) is 0. The van der Waals surface area contributed by atoms with Crippen molar-refractivity contribution in [3.05, 3.63) is 23.8 Å². The molecule has 0 aromatic rings. The molecule has 1 fully saturated rings. The molecule has 2 aliphatic carbocycles. The zero-order valence-electron chi connectivity index (χ0n) is 8.47. The quantitative estimate of drug-likeness (QED) is 0.590. The van der Waals surface area contributed by atoms with Gasteiger partial charge in [0.2, 0.25) is 0 Å². The Hall–Kier alpha value is -0.520. The third-order valence-electron chi connectivity index (χ3n) is 3.32. The highest BCUT2D eigenvalue weighted by molar-refractivity contribution is 5.22. The molecule has 0 aliphatic heterocycles. The lowest BCUT2D eigenvalue weighted by atomic mass is 9.84. The van der Waals surface area contributed by atoms with Crippen molar-refractivity contribution in [2.75, 3.05) is 0 Å². The van der Waals surface area contributed by atoms with Crippen LogP contribution < -0.4 is 0 Å². The topological polar surface area (TPSA) is 0 Å². The summed E-state index contributed by atoms with van der Waals surface area (Å²) in [5.41, 5.74) is 1.61. The lowest BCUT2D eigenvalue weighted by Crippen LogP contribution is -2.07. The largest absolute Gasteiger partial charge is 0.0840 e. The Morgan fingerprint density at radius 1 is 1.08 bits per heavy atom. The predicted molar refractivity (Wildman–Crippen MR) is 57.6 cm³/mol. The molecule has 0 nitrogen and oxygen atoms in total. The second kappa shape index (κ2) is 4.64. The van der Waals surface area contributed by atoms with E-state index in [0.29, 0.717) is 0 Å². The zero-order chi connectivity index (χ0) is 8.93. The van der Waals surface area contributed by atoms with Gasteiger partial charge in [0, 0.05) is 0 Å². The summed E-state index contributed by atoms with van der Waals surface area (Å²) in [6, 6.07) is 0. The van der Waals surface area contributed by atoms with Gasteiger partial charge in [0.1, 0.15) is 0 Å². The Bertz CT molecular complexity index is 204. The van der Waals surface area contributed by atoms with Crippen LogP contribution in [0.15, 0.2) is 23.8 Å². The molecule has 2 rings (SSSR count). The Morgan fingerprint density at radius 3 is 2.62 bits per heavy atom. The average molecular weight is 176 g/mol. The molecule has 0 amide bonds. The van der Waals surface area contributed by atoms with Gasteiger partial charge in [0.05, 0.1) is 0 Å². The minimum Gasteiger partial charge on any atom is -0.0840 e. The van der Waals surface area contributed by atoms with Crippen LogP contribution in [0.2, 0.25) is 0 Å². The van der Waals surface area contributed by atoms with Crippen LogP contribution in [0.1, 0.15) is 51.4 Å². The third-order valence-corrected chi connectivity index (χ3v) is 3.32. The molecule has 2 aliphatic rings. The molecule has 0 atom stereocenters. The van der Waals surface area contributed by atoms with Crippen molar-refractivity contribution >= 4 is 0 Å². The summed E-state index contributed by atoms with van der Waals surface area (Å²) in [7, 11) is 0. The molecule has 0 heterocycles. The lowest BCUT2D eigenvalue weighted by molar-refractivity contribution is 0.357. The van der Waals surface area contributed by atoms with Crippen LogP contribution in [0.4, 0.5) is 0 Å². The molecule has 0 radical (unpaired) electrons. The minimum absolute atomic E-state index is 1.00. The van der Waals surface area contributed by atoms with Crippen molar-refractivity contribution in [3.8, 4) is 0 Å². The zero-order valence-corrected chi connectivity index (χ0v) is 8.47. The van der Waals surface area contributed by atoms with E-state index in [-0.39, 0.29) is 0 Å². The number of rotatable bonds is 2. The highest BCUT2D eigenvalue weighted by Gasteiger charge is 2.14. The molecule has 0 aromatic carbocycles. The van der Waals surface area contributed by atoms with Crippen LogP contribution >= 0.6 is 0 Å². The predicted octanol–water partition coefficient (Wildman–Crippen LogP) is 4.23. The van der Waals surface area contributed by atoms with Crippen molar-refractivity contribution in [1.82, 2.24) is 0 Å². The van der Waals surface area contributed by atoms with Crippen LogP contribution in [0, 0.1) is 5.92 Å². The molecule has 0 unspecified atom stereocenters. The summed E-state index contributed by atoms with van der Waals surface area (Å²) in [6.07, 6.45) is 18.4. The number of allylic oxidation sites excluding steroid dienone is 4. The van der Waals surface area contributed by atoms with Gasteiger partial charge in [-0.25, -0.2) is 0 Å². The first-order valence-electron chi connectivity index (χ1n) is 5.81. The molecular weight excluding hydrogens is 156 g/mol. The Labute approximate surface area is 81.7 Å². The maximum atomic E-state index is 2.44. The summed E-state index contributed by atoms with van der Waals surface area (Å²) in [5, 5.41) is 0. The Kier molecular flexibility index (Phi) is 3.23. The highest BCUT2D eigenvalue weighted by Crippen LogP contribution is 2.30. The van der Waals surface area contributed by atoms with Crippen molar-refractivity contribution in [2.45, 2.75) is 51.4 Å². The van der Waals surface area contributed by atoms with E-state index >= 15 is 0 Å². The van der Waals surface area contributed by atoms with Gasteiger partial charge in [-0.1, -0.05) is 55.9 Å². The molecule has 13 heavy (non-hydrogen) atoms. The first-order valence-corrected chi connectivity index (χ1v) is 5.81. The summed E-state index contributed by atoms with van der Waals surface area (Å²) >= 11 is 0. The van der Waals surface area contributed by atoms with Crippen molar-refractivity contribution in [3.63, 3.8) is 0 Å². The van der Waals surface area contributed by atoms with Gasteiger partial charge in [-0.05, 0) is 25.2 Å². The molecule has 1 saturated carbocycles. The average Bonchev–Trinajstić information content (AvgIpc) is 2.21. The molecule has 0 heteroatoms. The van der Waals surface area contributed by atoms with Gasteiger partial charge < -0.3 is 0 Å². The van der Waals surface area contributed by atoms with Gasteiger partial charge in [-0.2, -0.15) is 0 Å². The van der Waals surface area contributed by atoms with Crippen molar-refractivity contribution in [2.24, 2.45) is 5.92 Å². The Morgan fingerprint density at radius 2 is 1.92 bits per heavy atom. The van der Waals surface area contributed by atoms with E-state index in [9.17, 15) is 0 Å². The van der Waals surface area contributed by atoms with E-state index in [1.54, 1.807) is 5.57 Å². The molecule has 0 bridgehead atoms. The molecule has 0 saturated heterocycles. The van der Waals surface area contributed by atoms with Gasteiger partial charge >= 0.3 is 0 Å². The summed E-state index contributed by atoms with van der Waals surface area (Å²) < 4.78 is 0. The molecule has 0 N–H and O–H groups in total. The SMILES string of the molecule is C1=CC(CC2CCCCC2)=CCC1. The first-order chi connectivity index (χ1) is 6.45. The second-order valence-electron chi connectivity index (χ2n) is 4.47. The molecular formula is C13H20.